The maximum atomic E-state index is 12.8. The minimum Gasteiger partial charge on any atom is -0.438 e. The highest BCUT2D eigenvalue weighted by molar-refractivity contribution is 7.17. The molecule has 0 aliphatic heterocycles. The molecule has 0 aliphatic rings. The Morgan fingerprint density at radius 2 is 1.90 bits per heavy atom. The third kappa shape index (κ3) is 5.33. The van der Waals surface area contributed by atoms with Gasteiger partial charge in [0, 0.05) is 23.4 Å². The van der Waals surface area contributed by atoms with Crippen molar-refractivity contribution in [2.45, 2.75) is 13.5 Å². The zero-order chi connectivity index (χ0) is 21.6. The Morgan fingerprint density at radius 3 is 2.71 bits per heavy atom. The Hall–Kier alpha value is -3.56. The summed E-state index contributed by atoms with van der Waals surface area (Å²) in [4.78, 5) is 34.6. The van der Waals surface area contributed by atoms with E-state index in [0.717, 1.165) is 15.4 Å². The van der Waals surface area contributed by atoms with E-state index in [1.807, 2.05) is 35.7 Å². The molecule has 3 aromatic heterocycles. The summed E-state index contributed by atoms with van der Waals surface area (Å²) >= 11 is 2.88. The van der Waals surface area contributed by atoms with Gasteiger partial charge in [0.1, 0.15) is 11.3 Å². The molecule has 31 heavy (non-hydrogen) atoms. The predicted octanol–water partition coefficient (Wildman–Crippen LogP) is 4.95. The van der Waals surface area contributed by atoms with Gasteiger partial charge in [0.25, 0.3) is 5.91 Å². The van der Waals surface area contributed by atoms with Crippen LogP contribution in [0, 0.1) is 0 Å². The molecule has 1 aromatic carbocycles. The zero-order valence-corrected chi connectivity index (χ0v) is 18.1. The van der Waals surface area contributed by atoms with Gasteiger partial charge in [-0.05, 0) is 36.4 Å². The maximum Gasteiger partial charge on any atom is 0.262 e. The molecular weight excluding hydrogens is 432 g/mol. The van der Waals surface area contributed by atoms with E-state index in [0.29, 0.717) is 23.0 Å². The van der Waals surface area contributed by atoms with Crippen molar-refractivity contribution in [3.63, 3.8) is 0 Å². The number of thiophene rings is 1. The lowest BCUT2D eigenvalue weighted by Gasteiger charge is -2.09. The van der Waals surface area contributed by atoms with Crippen LogP contribution in [0.5, 0.6) is 11.6 Å². The Balaban J connectivity index is 1.46. The van der Waals surface area contributed by atoms with Crippen LogP contribution in [0.15, 0.2) is 66.2 Å². The van der Waals surface area contributed by atoms with Crippen molar-refractivity contribution in [1.82, 2.24) is 15.3 Å². The lowest BCUT2D eigenvalue weighted by Crippen LogP contribution is -2.17. The van der Waals surface area contributed by atoms with Crippen LogP contribution < -0.4 is 15.4 Å². The highest BCUT2D eigenvalue weighted by atomic mass is 32.1. The first-order valence-electron chi connectivity index (χ1n) is 9.37. The molecule has 4 aromatic rings. The molecule has 0 saturated carbocycles. The zero-order valence-electron chi connectivity index (χ0n) is 16.5. The second kappa shape index (κ2) is 9.50. The minimum atomic E-state index is -0.350. The molecule has 0 unspecified atom stereocenters. The van der Waals surface area contributed by atoms with Crippen molar-refractivity contribution in [3.8, 4) is 22.2 Å². The SMILES string of the molecule is CC(=O)NCc1ccc(-c2csc(NC(=O)c3cccnc3Oc3ccccc3)n2)s1. The van der Waals surface area contributed by atoms with Crippen LogP contribution in [0.2, 0.25) is 0 Å². The maximum absolute atomic E-state index is 12.8. The molecule has 9 heteroatoms. The van der Waals surface area contributed by atoms with Gasteiger partial charge in [-0.15, -0.1) is 22.7 Å². The van der Waals surface area contributed by atoms with E-state index in [9.17, 15) is 9.59 Å². The fourth-order valence-corrected chi connectivity index (χ4v) is 4.36. The topological polar surface area (TPSA) is 93.2 Å². The number of anilines is 1. The van der Waals surface area contributed by atoms with Crippen molar-refractivity contribution in [3.05, 3.63) is 76.6 Å². The predicted molar refractivity (Wildman–Crippen MR) is 122 cm³/mol. The number of carbonyl (C=O) groups is 2. The van der Waals surface area contributed by atoms with Crippen molar-refractivity contribution >= 4 is 39.6 Å². The highest BCUT2D eigenvalue weighted by Crippen LogP contribution is 2.31. The van der Waals surface area contributed by atoms with Crippen molar-refractivity contribution in [2.75, 3.05) is 5.32 Å². The smallest absolute Gasteiger partial charge is 0.262 e. The number of hydrogen-bond donors (Lipinski definition) is 2. The molecule has 2 amide bonds. The van der Waals surface area contributed by atoms with Gasteiger partial charge in [-0.1, -0.05) is 18.2 Å². The number of aromatic nitrogens is 2. The number of nitrogens with zero attached hydrogens (tertiary/aromatic N) is 2. The average Bonchev–Trinajstić information content (AvgIpc) is 3.43. The molecule has 156 valence electrons. The van der Waals surface area contributed by atoms with Gasteiger partial charge in [-0.2, -0.15) is 0 Å². The van der Waals surface area contributed by atoms with Gasteiger partial charge in [-0.3, -0.25) is 14.9 Å². The van der Waals surface area contributed by atoms with Gasteiger partial charge < -0.3 is 10.1 Å². The summed E-state index contributed by atoms with van der Waals surface area (Å²) in [7, 11) is 0. The fraction of sp³-hybridized carbons (Fsp3) is 0.0909. The summed E-state index contributed by atoms with van der Waals surface area (Å²) < 4.78 is 5.77. The van der Waals surface area contributed by atoms with E-state index in [2.05, 4.69) is 20.6 Å². The van der Waals surface area contributed by atoms with Gasteiger partial charge in [0.2, 0.25) is 11.8 Å². The first kappa shape index (κ1) is 20.7. The summed E-state index contributed by atoms with van der Waals surface area (Å²) in [5.74, 6) is 0.403. The van der Waals surface area contributed by atoms with Crippen LogP contribution in [-0.4, -0.2) is 21.8 Å². The first-order valence-corrected chi connectivity index (χ1v) is 11.1. The number of nitrogens with one attached hydrogen (secondary N) is 2. The molecule has 3 heterocycles. The molecule has 0 spiro atoms. The number of benzene rings is 1. The molecule has 0 saturated heterocycles. The van der Waals surface area contributed by atoms with Crippen LogP contribution in [0.1, 0.15) is 22.2 Å². The van der Waals surface area contributed by atoms with E-state index in [-0.39, 0.29) is 17.7 Å². The van der Waals surface area contributed by atoms with Gasteiger partial charge in [-0.25, -0.2) is 9.97 Å². The summed E-state index contributed by atoms with van der Waals surface area (Å²) in [5.41, 5.74) is 1.09. The van der Waals surface area contributed by atoms with Gasteiger partial charge in [0.05, 0.1) is 17.1 Å². The monoisotopic (exact) mass is 450 g/mol. The number of para-hydroxylation sites is 1. The highest BCUT2D eigenvalue weighted by Gasteiger charge is 2.16. The van der Waals surface area contributed by atoms with E-state index >= 15 is 0 Å². The number of rotatable bonds is 7. The molecule has 2 N–H and O–H groups in total. The van der Waals surface area contributed by atoms with Crippen LogP contribution in [0.25, 0.3) is 10.6 Å². The van der Waals surface area contributed by atoms with Crippen LogP contribution in [0.3, 0.4) is 0 Å². The Labute approximate surface area is 186 Å². The summed E-state index contributed by atoms with van der Waals surface area (Å²) in [6.07, 6.45) is 1.58. The third-order valence-electron chi connectivity index (χ3n) is 4.12. The molecule has 0 atom stereocenters. The number of ether oxygens (including phenoxy) is 1. The van der Waals surface area contributed by atoms with Crippen molar-refractivity contribution in [2.24, 2.45) is 0 Å². The molecule has 4 rings (SSSR count). The standard InChI is InChI=1S/C22H18N4O3S2/c1-14(27)24-12-16-9-10-19(31-16)18-13-30-22(25-18)26-20(28)17-8-5-11-23-21(17)29-15-6-3-2-4-7-15/h2-11,13H,12H2,1H3,(H,24,27)(H,25,26,28). The fourth-order valence-electron chi connectivity index (χ4n) is 2.68. The Kier molecular flexibility index (Phi) is 6.34. The molecular formula is C22H18N4O3S2. The summed E-state index contributed by atoms with van der Waals surface area (Å²) in [6, 6.07) is 16.4. The lowest BCUT2D eigenvalue weighted by molar-refractivity contribution is -0.119. The average molecular weight is 451 g/mol. The lowest BCUT2D eigenvalue weighted by atomic mass is 10.2. The number of pyridine rings is 1. The van der Waals surface area contributed by atoms with Crippen molar-refractivity contribution < 1.29 is 14.3 Å². The third-order valence-corrected chi connectivity index (χ3v) is 5.99. The number of hydrogen-bond acceptors (Lipinski definition) is 7. The quantitative estimate of drug-likeness (QED) is 0.416. The minimum absolute atomic E-state index is 0.0698. The van der Waals surface area contributed by atoms with E-state index < -0.39 is 0 Å². The van der Waals surface area contributed by atoms with Crippen molar-refractivity contribution in [1.29, 1.82) is 0 Å². The van der Waals surface area contributed by atoms with Crippen LogP contribution in [-0.2, 0) is 11.3 Å². The van der Waals surface area contributed by atoms with Crippen LogP contribution in [0.4, 0.5) is 5.13 Å². The molecule has 0 radical (unpaired) electrons. The van der Waals surface area contributed by atoms with E-state index in [1.54, 1.807) is 41.8 Å². The Morgan fingerprint density at radius 1 is 1.06 bits per heavy atom. The molecule has 0 bridgehead atoms. The summed E-state index contributed by atoms with van der Waals surface area (Å²) in [6.45, 7) is 1.97. The first-order chi connectivity index (χ1) is 15.1. The van der Waals surface area contributed by atoms with E-state index in [4.69, 9.17) is 4.74 Å². The molecule has 0 fully saturated rings. The number of carbonyl (C=O) groups excluding carboxylic acids is 2. The molecule has 7 nitrogen and oxygen atoms in total. The van der Waals surface area contributed by atoms with E-state index in [1.165, 1.54) is 18.3 Å². The summed E-state index contributed by atoms with van der Waals surface area (Å²) in [5, 5.41) is 7.96. The second-order valence-corrected chi connectivity index (χ2v) is 8.47. The number of thiazole rings is 1. The normalized spacial score (nSPS) is 10.5. The van der Waals surface area contributed by atoms with Gasteiger partial charge in [0.15, 0.2) is 5.13 Å². The van der Waals surface area contributed by atoms with Crippen LogP contribution >= 0.6 is 22.7 Å². The molecule has 0 aliphatic carbocycles. The number of amides is 2. The van der Waals surface area contributed by atoms with Gasteiger partial charge >= 0.3 is 0 Å². The Bertz CT molecular complexity index is 1200. The largest absolute Gasteiger partial charge is 0.438 e. The second-order valence-electron chi connectivity index (χ2n) is 6.44.